The molecule has 1 nitrogen and oxygen atoms in total. The maximum absolute atomic E-state index is 5.49. The number of hydrogen-bond donors (Lipinski definition) is 0. The van der Waals surface area contributed by atoms with Gasteiger partial charge < -0.3 is 6.16 Å². The molecule has 1 aliphatic heterocycles. The first kappa shape index (κ1) is 10.2. The summed E-state index contributed by atoms with van der Waals surface area (Å²) in [5.74, 6) is 0. The molecule has 0 radical (unpaired) electrons. The van der Waals surface area contributed by atoms with Crippen molar-refractivity contribution in [3.05, 3.63) is 0 Å². The maximum Gasteiger partial charge on any atom is 1.00 e. The Morgan fingerprint density at radius 3 is 2.67 bits per heavy atom. The van der Waals surface area contributed by atoms with Crippen LogP contribution in [0.25, 0.3) is 0 Å². The normalized spacial score (nSPS) is 28.3. The van der Waals surface area contributed by atoms with Gasteiger partial charge in [0.2, 0.25) is 0 Å². The van der Waals surface area contributed by atoms with Crippen molar-refractivity contribution in [2.24, 2.45) is 0 Å². The van der Waals surface area contributed by atoms with E-state index in [1.165, 1.54) is 19.3 Å². The van der Waals surface area contributed by atoms with Gasteiger partial charge in [-0.15, -0.1) is 0 Å². The zero-order chi connectivity index (χ0) is 5.82. The van der Waals surface area contributed by atoms with E-state index in [1.807, 2.05) is 0 Å². The summed E-state index contributed by atoms with van der Waals surface area (Å²) in [4.78, 5) is 0. The largest absolute Gasteiger partial charge is 1.00 e. The minimum atomic E-state index is 0. The second-order valence-corrected chi connectivity index (χ2v) is 4.12. The van der Waals surface area contributed by atoms with Crippen LogP contribution < -0.4 is 29.6 Å². The van der Waals surface area contributed by atoms with Crippen molar-refractivity contribution in [2.45, 2.75) is 31.5 Å². The Balaban J connectivity index is 0. The van der Waals surface area contributed by atoms with Gasteiger partial charge in [-0.3, -0.25) is 0 Å². The predicted molar refractivity (Wildman–Crippen MR) is 39.1 cm³/mol. The van der Waals surface area contributed by atoms with Gasteiger partial charge in [0.25, 0.3) is 0 Å². The van der Waals surface area contributed by atoms with Gasteiger partial charge in [-0.25, -0.2) is 0 Å². The standard InChI is InChI=1S/C6H14OSi.Na.H/c1-8-6-4-2-3-5-7-6;;/h6H,2-5,8H2,1H3;;/q;+1;-1. The third kappa shape index (κ3) is 3.78. The molecule has 0 aromatic rings. The van der Waals surface area contributed by atoms with Gasteiger partial charge in [0.15, 0.2) is 0 Å². The molecule has 9 heavy (non-hydrogen) atoms. The van der Waals surface area contributed by atoms with Gasteiger partial charge in [-0.2, -0.15) is 0 Å². The Hall–Kier alpha value is 1.18. The Morgan fingerprint density at radius 2 is 2.33 bits per heavy atom. The van der Waals surface area contributed by atoms with Crippen LogP contribution in [-0.4, -0.2) is 21.9 Å². The van der Waals surface area contributed by atoms with Crippen LogP contribution in [0.3, 0.4) is 0 Å². The van der Waals surface area contributed by atoms with Crippen LogP contribution in [0.5, 0.6) is 0 Å². The minimum Gasteiger partial charge on any atom is -1.00 e. The van der Waals surface area contributed by atoms with E-state index in [0.29, 0.717) is 0 Å². The zero-order valence-corrected chi connectivity index (χ0v) is 9.94. The third-order valence-corrected chi connectivity index (χ3v) is 3.28. The van der Waals surface area contributed by atoms with E-state index >= 15 is 0 Å². The van der Waals surface area contributed by atoms with E-state index in [9.17, 15) is 0 Å². The smallest absolute Gasteiger partial charge is 1.00 e. The van der Waals surface area contributed by atoms with Gasteiger partial charge in [0.1, 0.15) is 0 Å². The van der Waals surface area contributed by atoms with Crippen LogP contribution in [0.15, 0.2) is 0 Å². The SMILES string of the molecule is C[SiH2]C1CCCCO1.[H-].[Na+]. The summed E-state index contributed by atoms with van der Waals surface area (Å²) in [6, 6.07) is 0. The predicted octanol–water partition coefficient (Wildman–Crippen LogP) is -2.15. The Bertz CT molecular complexity index is 68.8. The number of hydrogen-bond acceptors (Lipinski definition) is 1. The summed E-state index contributed by atoms with van der Waals surface area (Å²) in [5.41, 5.74) is 0.726. The molecule has 0 aromatic heterocycles. The van der Waals surface area contributed by atoms with Crippen LogP contribution in [0.2, 0.25) is 6.55 Å². The molecule has 1 rings (SSSR count). The van der Waals surface area contributed by atoms with Crippen LogP contribution in [-0.2, 0) is 4.74 Å². The number of rotatable bonds is 1. The van der Waals surface area contributed by atoms with Gasteiger partial charge in [0, 0.05) is 12.3 Å². The van der Waals surface area contributed by atoms with Gasteiger partial charge in [-0.1, -0.05) is 6.55 Å². The third-order valence-electron chi connectivity index (χ3n) is 1.73. The summed E-state index contributed by atoms with van der Waals surface area (Å²) >= 11 is 0. The molecule has 0 bridgehead atoms. The summed E-state index contributed by atoms with van der Waals surface area (Å²) in [6.07, 6.45) is 4.05. The van der Waals surface area contributed by atoms with E-state index in [2.05, 4.69) is 6.55 Å². The zero-order valence-electron chi connectivity index (χ0n) is 7.52. The molecule has 0 aromatic carbocycles. The van der Waals surface area contributed by atoms with Gasteiger partial charge in [-0.05, 0) is 19.3 Å². The minimum absolute atomic E-state index is 0. The van der Waals surface area contributed by atoms with Crippen molar-refractivity contribution in [2.75, 3.05) is 6.61 Å². The second kappa shape index (κ2) is 5.92. The first-order valence-corrected chi connectivity index (χ1v) is 5.78. The Kier molecular flexibility index (Phi) is 6.70. The van der Waals surface area contributed by atoms with Crippen molar-refractivity contribution in [1.82, 2.24) is 0 Å². The molecule has 1 saturated heterocycles. The van der Waals surface area contributed by atoms with E-state index in [-0.39, 0.29) is 40.5 Å². The molecule has 0 aliphatic carbocycles. The first-order valence-electron chi connectivity index (χ1n) is 3.55. The molecule has 1 unspecified atom stereocenters. The monoisotopic (exact) mass is 154 g/mol. The second-order valence-electron chi connectivity index (χ2n) is 2.40. The Morgan fingerprint density at radius 1 is 1.56 bits per heavy atom. The van der Waals surface area contributed by atoms with Crippen molar-refractivity contribution in [3.8, 4) is 0 Å². The molecule has 0 N–H and O–H groups in total. The molecule has 0 spiro atoms. The van der Waals surface area contributed by atoms with Crippen molar-refractivity contribution in [1.29, 1.82) is 0 Å². The van der Waals surface area contributed by atoms with Crippen molar-refractivity contribution >= 4 is 9.52 Å². The van der Waals surface area contributed by atoms with Gasteiger partial charge >= 0.3 is 29.6 Å². The van der Waals surface area contributed by atoms with E-state index in [1.54, 1.807) is 0 Å². The van der Waals surface area contributed by atoms with E-state index in [4.69, 9.17) is 4.74 Å². The van der Waals surface area contributed by atoms with Crippen LogP contribution in [0, 0.1) is 0 Å². The van der Waals surface area contributed by atoms with Crippen LogP contribution in [0.1, 0.15) is 20.7 Å². The Labute approximate surface area is 83.1 Å². The van der Waals surface area contributed by atoms with Crippen LogP contribution >= 0.6 is 0 Å². The molecule has 0 amide bonds. The average molecular weight is 154 g/mol. The molecule has 1 heterocycles. The average Bonchev–Trinajstić information content (AvgIpc) is 1.90. The fraction of sp³-hybridized carbons (Fsp3) is 1.00. The molecule has 0 saturated carbocycles. The fourth-order valence-corrected chi connectivity index (χ4v) is 2.23. The molecular weight excluding hydrogens is 139 g/mol. The quantitative estimate of drug-likeness (QED) is 0.391. The topological polar surface area (TPSA) is 9.23 Å². The summed E-state index contributed by atoms with van der Waals surface area (Å²) in [7, 11) is 0.146. The molecule has 3 heteroatoms. The summed E-state index contributed by atoms with van der Waals surface area (Å²) in [5, 5.41) is 0. The van der Waals surface area contributed by atoms with E-state index < -0.39 is 0 Å². The van der Waals surface area contributed by atoms with Gasteiger partial charge in [0.05, 0.1) is 9.52 Å². The molecule has 50 valence electrons. The fourth-order valence-electron chi connectivity index (χ4n) is 1.13. The molecular formula is C6H15NaOSi. The van der Waals surface area contributed by atoms with E-state index in [0.717, 1.165) is 12.3 Å². The first-order chi connectivity index (χ1) is 3.93. The maximum atomic E-state index is 5.49. The molecule has 1 fully saturated rings. The molecule has 1 aliphatic rings. The molecule has 1 atom stereocenters. The summed E-state index contributed by atoms with van der Waals surface area (Å²) in [6.45, 7) is 3.36. The van der Waals surface area contributed by atoms with Crippen LogP contribution in [0.4, 0.5) is 0 Å². The van der Waals surface area contributed by atoms with Crippen molar-refractivity contribution < 1.29 is 35.7 Å². The summed E-state index contributed by atoms with van der Waals surface area (Å²) < 4.78 is 5.49. The van der Waals surface area contributed by atoms with Crippen molar-refractivity contribution in [3.63, 3.8) is 0 Å². The number of ether oxygens (including phenoxy) is 1.